The Labute approximate surface area is 165 Å². The number of aromatic amines is 1. The summed E-state index contributed by atoms with van der Waals surface area (Å²) in [5.41, 5.74) is -0.961. The van der Waals surface area contributed by atoms with Crippen molar-refractivity contribution in [2.45, 2.75) is 31.3 Å². The number of nitrogens with one attached hydrogen (secondary N) is 1. The molecule has 0 spiro atoms. The first kappa shape index (κ1) is 22.8. The quantitative estimate of drug-likeness (QED) is 0.307. The maximum absolute atomic E-state index is 12.1. The van der Waals surface area contributed by atoms with E-state index in [0.29, 0.717) is 5.56 Å². The molecule has 1 aliphatic rings. The van der Waals surface area contributed by atoms with Crippen LogP contribution >= 0.6 is 19.2 Å². The summed E-state index contributed by atoms with van der Waals surface area (Å²) in [5.74, 6) is -0.679. The number of esters is 1. The molecule has 0 unspecified atom stereocenters. The summed E-state index contributed by atoms with van der Waals surface area (Å²) in [6.45, 7) is -0.479. The lowest BCUT2D eigenvalue weighted by molar-refractivity contribution is -0.150. The van der Waals surface area contributed by atoms with Crippen LogP contribution < -0.4 is 11.2 Å². The molecule has 1 saturated heterocycles. The summed E-state index contributed by atoms with van der Waals surface area (Å²) in [6.07, 6.45) is -1.70. The minimum atomic E-state index is -3.61. The zero-order chi connectivity index (χ0) is 20.9. The monoisotopic (exact) mass is 440 g/mol. The van der Waals surface area contributed by atoms with E-state index in [0.717, 1.165) is 18.8 Å². The molecule has 1 aromatic heterocycles. The van der Waals surface area contributed by atoms with Crippen LogP contribution in [-0.2, 0) is 34.3 Å². The largest absolute Gasteiger partial charge is 0.459 e. The molecule has 0 bridgehead atoms. The molecule has 0 saturated carbocycles. The zero-order valence-electron chi connectivity index (χ0n) is 15.3. The van der Waals surface area contributed by atoms with E-state index < -0.39 is 56.0 Å². The predicted octanol–water partition coefficient (Wildman–Crippen LogP) is -0.00460. The number of rotatable bonds is 9. The smallest absolute Gasteiger partial charge is 0.341 e. The van der Waals surface area contributed by atoms with E-state index in [2.05, 4.69) is 4.98 Å². The Morgan fingerprint density at radius 3 is 2.68 bits per heavy atom. The third-order valence-electron chi connectivity index (χ3n) is 4.24. The third-order valence-corrected chi connectivity index (χ3v) is 6.19. The number of aliphatic hydroxyl groups excluding tert-OH is 1. The van der Waals surface area contributed by atoms with Gasteiger partial charge in [0.15, 0.2) is 0 Å². The lowest BCUT2D eigenvalue weighted by Gasteiger charge is -2.18. The van der Waals surface area contributed by atoms with Crippen LogP contribution in [0.25, 0.3) is 0 Å². The van der Waals surface area contributed by atoms with Crippen molar-refractivity contribution in [1.82, 2.24) is 9.55 Å². The highest BCUT2D eigenvalue weighted by molar-refractivity contribution is 7.54. The van der Waals surface area contributed by atoms with E-state index in [1.807, 2.05) is 0 Å². The third kappa shape index (κ3) is 5.31. The molecule has 11 nitrogen and oxygen atoms in total. The molecule has 1 fully saturated rings. The first-order valence-electron chi connectivity index (χ1n) is 8.33. The molecule has 2 rings (SSSR count). The van der Waals surface area contributed by atoms with Gasteiger partial charge in [-0.05, 0) is 6.42 Å². The van der Waals surface area contributed by atoms with Gasteiger partial charge in [0.1, 0.15) is 24.6 Å². The van der Waals surface area contributed by atoms with Crippen molar-refractivity contribution in [2.24, 2.45) is 0 Å². The van der Waals surface area contributed by atoms with Crippen LogP contribution in [0.15, 0.2) is 15.8 Å². The lowest BCUT2D eigenvalue weighted by atomic mass is 10.2. The molecular weight excluding hydrogens is 419 g/mol. The molecular formula is C15H22ClN2O9P. The summed E-state index contributed by atoms with van der Waals surface area (Å²) in [7, 11) is -1.32. The molecule has 0 aromatic carbocycles. The number of ether oxygens (including phenoxy) is 2. The number of aromatic nitrogens is 2. The molecule has 0 amide bonds. The average Bonchev–Trinajstić information content (AvgIpc) is 3.06. The van der Waals surface area contributed by atoms with Gasteiger partial charge in [-0.25, -0.2) is 4.79 Å². The molecule has 1 aromatic rings. The van der Waals surface area contributed by atoms with Gasteiger partial charge in [0.25, 0.3) is 5.56 Å². The Morgan fingerprint density at radius 1 is 1.43 bits per heavy atom. The number of alkyl halides is 1. The van der Waals surface area contributed by atoms with E-state index in [1.54, 1.807) is 0 Å². The van der Waals surface area contributed by atoms with E-state index >= 15 is 0 Å². The molecule has 28 heavy (non-hydrogen) atoms. The Bertz CT molecular complexity index is 847. The topological polar surface area (TPSA) is 146 Å². The molecule has 3 atom stereocenters. The second-order valence-electron chi connectivity index (χ2n) is 5.97. The highest BCUT2D eigenvalue weighted by Crippen LogP contribution is 2.46. The maximum Gasteiger partial charge on any atom is 0.341 e. The number of aliphatic hydroxyl groups is 1. The summed E-state index contributed by atoms with van der Waals surface area (Å²) in [6, 6.07) is 0. The second-order valence-corrected chi connectivity index (χ2v) is 8.62. The molecule has 1 aliphatic heterocycles. The summed E-state index contributed by atoms with van der Waals surface area (Å²) in [5, 5.41) is 9.51. The van der Waals surface area contributed by atoms with Crippen LogP contribution in [0, 0.1) is 0 Å². The number of hydrogen-bond donors (Lipinski definition) is 2. The standard InChI is InChI=1S/C15H22ClN2O9P/c1-24-28(23,25-2)8-13(20)27-10-5-12(26-11(10)7-19)18-6-9(3-4-16)14(21)17-15(18)22/h6,10-12,19H,3-5,7-8H2,1-2H3,(H,17,21,22)/t10-,11+,12+/m0/s1. The van der Waals surface area contributed by atoms with Gasteiger partial charge in [0.2, 0.25) is 0 Å². The van der Waals surface area contributed by atoms with Crippen LogP contribution in [0.1, 0.15) is 18.2 Å². The Morgan fingerprint density at radius 2 is 2.11 bits per heavy atom. The fourth-order valence-corrected chi connectivity index (χ4v) is 3.75. The number of halogens is 1. The molecule has 0 radical (unpaired) electrons. The lowest BCUT2D eigenvalue weighted by Crippen LogP contribution is -2.34. The zero-order valence-corrected chi connectivity index (χ0v) is 17.0. The van der Waals surface area contributed by atoms with Gasteiger partial charge in [0.05, 0.1) is 6.61 Å². The normalized spacial score (nSPS) is 22.4. The van der Waals surface area contributed by atoms with E-state index in [4.69, 9.17) is 30.1 Å². The molecule has 2 N–H and O–H groups in total. The Kier molecular flexibility index (Phi) is 7.99. The number of nitrogens with zero attached hydrogens (tertiary/aromatic N) is 1. The number of aryl methyl sites for hydroxylation is 1. The average molecular weight is 441 g/mol. The Balaban J connectivity index is 2.16. The van der Waals surface area contributed by atoms with Crippen LogP contribution in [0.4, 0.5) is 0 Å². The van der Waals surface area contributed by atoms with Crippen LogP contribution in [0.2, 0.25) is 0 Å². The van der Waals surface area contributed by atoms with Crippen molar-refractivity contribution >= 4 is 25.2 Å². The number of carbonyl (C=O) groups is 1. The fraction of sp³-hybridized carbons (Fsp3) is 0.667. The summed E-state index contributed by atoms with van der Waals surface area (Å²) in [4.78, 5) is 38.2. The highest BCUT2D eigenvalue weighted by atomic mass is 35.5. The van der Waals surface area contributed by atoms with Crippen LogP contribution in [0.5, 0.6) is 0 Å². The van der Waals surface area contributed by atoms with Gasteiger partial charge in [0, 0.05) is 38.3 Å². The second kappa shape index (κ2) is 9.82. The Hall–Kier alpha value is -1.49. The molecule has 0 aliphatic carbocycles. The predicted molar refractivity (Wildman–Crippen MR) is 97.7 cm³/mol. The van der Waals surface area contributed by atoms with Gasteiger partial charge in [-0.3, -0.25) is 23.7 Å². The molecule has 158 valence electrons. The van der Waals surface area contributed by atoms with Crippen molar-refractivity contribution in [3.05, 3.63) is 32.6 Å². The van der Waals surface area contributed by atoms with Crippen molar-refractivity contribution in [2.75, 3.05) is 32.9 Å². The number of hydrogen-bond acceptors (Lipinski definition) is 9. The first-order chi connectivity index (χ1) is 13.3. The highest BCUT2D eigenvalue weighted by Gasteiger charge is 2.40. The SMILES string of the molecule is COP(=O)(CC(=O)O[C@H]1C[C@H](n2cc(CCCl)c(=O)[nH]c2=O)O[C@@H]1CO)OC. The maximum atomic E-state index is 12.1. The summed E-state index contributed by atoms with van der Waals surface area (Å²) < 4.78 is 33.4. The molecule has 2 heterocycles. The van der Waals surface area contributed by atoms with Crippen LogP contribution in [-0.4, -0.2) is 65.7 Å². The fourth-order valence-electron chi connectivity index (χ4n) is 2.75. The summed E-state index contributed by atoms with van der Waals surface area (Å²) >= 11 is 5.66. The minimum absolute atomic E-state index is 0.0352. The van der Waals surface area contributed by atoms with Crippen LogP contribution in [0.3, 0.4) is 0 Å². The van der Waals surface area contributed by atoms with Gasteiger partial charge in [-0.15, -0.1) is 11.6 Å². The van der Waals surface area contributed by atoms with Gasteiger partial charge in [-0.1, -0.05) is 0 Å². The first-order valence-corrected chi connectivity index (χ1v) is 10.6. The van der Waals surface area contributed by atoms with Gasteiger partial charge >= 0.3 is 19.3 Å². The van der Waals surface area contributed by atoms with E-state index in [9.17, 15) is 24.1 Å². The van der Waals surface area contributed by atoms with Gasteiger partial charge < -0.3 is 23.6 Å². The minimum Gasteiger partial charge on any atom is -0.459 e. The number of H-pyrrole nitrogens is 1. The van der Waals surface area contributed by atoms with Crippen molar-refractivity contribution in [1.29, 1.82) is 0 Å². The van der Waals surface area contributed by atoms with Gasteiger partial charge in [-0.2, -0.15) is 0 Å². The van der Waals surface area contributed by atoms with E-state index in [1.165, 1.54) is 6.20 Å². The van der Waals surface area contributed by atoms with E-state index in [-0.39, 0.29) is 18.7 Å². The van der Waals surface area contributed by atoms with Crippen molar-refractivity contribution in [3.63, 3.8) is 0 Å². The van der Waals surface area contributed by atoms with Crippen molar-refractivity contribution < 1.29 is 33.0 Å². The number of carbonyl (C=O) groups excluding carboxylic acids is 1. The molecule has 13 heteroatoms. The van der Waals surface area contributed by atoms with Crippen molar-refractivity contribution in [3.8, 4) is 0 Å².